The summed E-state index contributed by atoms with van der Waals surface area (Å²) >= 11 is 0. The van der Waals surface area contributed by atoms with Gasteiger partial charge in [-0.05, 0) is 19.4 Å². The van der Waals surface area contributed by atoms with Crippen molar-refractivity contribution in [2.75, 3.05) is 13.1 Å². The predicted molar refractivity (Wildman–Crippen MR) is 78.1 cm³/mol. The van der Waals surface area contributed by atoms with Crippen molar-refractivity contribution < 1.29 is 13.2 Å². The Hall–Kier alpha value is -1.56. The minimum Gasteiger partial charge on any atom is -0.334 e. The second-order valence-electron chi connectivity index (χ2n) is 5.26. The number of hydrogen-bond donors (Lipinski definition) is 1. The molecule has 0 aliphatic carbocycles. The zero-order valence-corrected chi connectivity index (χ0v) is 12.6. The van der Waals surface area contributed by atoms with E-state index in [2.05, 4.69) is 5.32 Å². The van der Waals surface area contributed by atoms with E-state index in [4.69, 9.17) is 0 Å². The van der Waals surface area contributed by atoms with Gasteiger partial charge in [0.25, 0.3) is 0 Å². The lowest BCUT2D eigenvalue weighted by Gasteiger charge is -2.34. The van der Waals surface area contributed by atoms with E-state index in [0.717, 1.165) is 5.56 Å². The molecule has 1 saturated heterocycles. The van der Waals surface area contributed by atoms with Crippen molar-refractivity contribution in [1.29, 1.82) is 0 Å². The van der Waals surface area contributed by atoms with Crippen molar-refractivity contribution in [3.8, 4) is 0 Å². The highest BCUT2D eigenvalue weighted by molar-refractivity contribution is 7.92. The molecule has 1 N–H and O–H groups in total. The number of amides is 2. The Bertz CT molecular complexity index is 553. The smallest absolute Gasteiger partial charge is 0.317 e. The second kappa shape index (κ2) is 5.83. The van der Waals surface area contributed by atoms with Crippen LogP contribution in [-0.4, -0.2) is 42.9 Å². The fraction of sp³-hybridized carbons (Fsp3) is 0.500. The number of sulfone groups is 1. The van der Waals surface area contributed by atoms with E-state index in [-0.39, 0.29) is 19.1 Å². The molecule has 1 aromatic carbocycles. The van der Waals surface area contributed by atoms with Crippen LogP contribution >= 0.6 is 0 Å². The predicted octanol–water partition coefficient (Wildman–Crippen LogP) is 1.40. The van der Waals surface area contributed by atoms with E-state index in [1.807, 2.05) is 30.3 Å². The minimum absolute atomic E-state index is 0.206. The standard InChI is InChI=1S/C14H20N2O3S/c1-11-9-16(10-12(2)20(11,18)19)14(17)15-8-13-6-4-3-5-7-13/h3-7,11-12H,8-10H2,1-2H3,(H,15,17). The maximum atomic E-state index is 12.1. The quantitative estimate of drug-likeness (QED) is 0.897. The molecule has 0 saturated carbocycles. The molecule has 2 atom stereocenters. The molecule has 2 amide bonds. The molecule has 0 spiro atoms. The zero-order chi connectivity index (χ0) is 14.8. The Morgan fingerprint density at radius 2 is 1.75 bits per heavy atom. The molecular formula is C14H20N2O3S. The second-order valence-corrected chi connectivity index (χ2v) is 8.05. The van der Waals surface area contributed by atoms with Crippen LogP contribution in [0.1, 0.15) is 19.4 Å². The van der Waals surface area contributed by atoms with Crippen molar-refractivity contribution in [2.45, 2.75) is 30.9 Å². The first kappa shape index (κ1) is 14.8. The van der Waals surface area contributed by atoms with Gasteiger partial charge < -0.3 is 10.2 Å². The third kappa shape index (κ3) is 3.12. The number of hydrogen-bond acceptors (Lipinski definition) is 3. The van der Waals surface area contributed by atoms with Gasteiger partial charge in [0, 0.05) is 19.6 Å². The highest BCUT2D eigenvalue weighted by Crippen LogP contribution is 2.18. The maximum Gasteiger partial charge on any atom is 0.317 e. The van der Waals surface area contributed by atoms with Crippen LogP contribution in [0.15, 0.2) is 30.3 Å². The van der Waals surface area contributed by atoms with E-state index < -0.39 is 20.3 Å². The van der Waals surface area contributed by atoms with Crippen LogP contribution in [0.5, 0.6) is 0 Å². The molecule has 0 bridgehead atoms. The van der Waals surface area contributed by atoms with Gasteiger partial charge in [-0.3, -0.25) is 0 Å². The Morgan fingerprint density at radius 1 is 1.20 bits per heavy atom. The fourth-order valence-electron chi connectivity index (χ4n) is 2.35. The van der Waals surface area contributed by atoms with Crippen LogP contribution in [0.3, 0.4) is 0 Å². The molecule has 1 heterocycles. The third-order valence-corrected chi connectivity index (χ3v) is 6.19. The molecule has 1 aromatic rings. The average molecular weight is 296 g/mol. The molecule has 110 valence electrons. The fourth-order valence-corrected chi connectivity index (χ4v) is 3.92. The van der Waals surface area contributed by atoms with Gasteiger partial charge in [-0.2, -0.15) is 0 Å². The zero-order valence-electron chi connectivity index (χ0n) is 11.7. The summed E-state index contributed by atoms with van der Waals surface area (Å²) in [6, 6.07) is 9.42. The number of benzene rings is 1. The number of nitrogens with one attached hydrogen (secondary N) is 1. The lowest BCUT2D eigenvalue weighted by atomic mass is 10.2. The largest absolute Gasteiger partial charge is 0.334 e. The number of rotatable bonds is 2. The minimum atomic E-state index is -3.10. The molecule has 2 unspecified atom stereocenters. The first-order chi connectivity index (χ1) is 9.41. The summed E-state index contributed by atoms with van der Waals surface area (Å²) in [5.74, 6) is 0. The molecular weight excluding hydrogens is 276 g/mol. The average Bonchev–Trinajstić information content (AvgIpc) is 2.43. The molecule has 0 aromatic heterocycles. The number of carbonyl (C=O) groups excluding carboxylic acids is 1. The van der Waals surface area contributed by atoms with E-state index in [1.54, 1.807) is 18.7 Å². The highest BCUT2D eigenvalue weighted by Gasteiger charge is 2.37. The monoisotopic (exact) mass is 296 g/mol. The summed E-state index contributed by atoms with van der Waals surface area (Å²) in [5, 5.41) is 1.82. The summed E-state index contributed by atoms with van der Waals surface area (Å²) in [6.07, 6.45) is 0. The SMILES string of the molecule is CC1CN(C(=O)NCc2ccccc2)CC(C)S1(=O)=O. The van der Waals surface area contributed by atoms with Crippen LogP contribution in [0, 0.1) is 0 Å². The van der Waals surface area contributed by atoms with Crippen molar-refractivity contribution in [1.82, 2.24) is 10.2 Å². The third-order valence-electron chi connectivity index (χ3n) is 3.65. The van der Waals surface area contributed by atoms with Gasteiger partial charge in [0.2, 0.25) is 0 Å². The Kier molecular flexibility index (Phi) is 4.32. The molecule has 20 heavy (non-hydrogen) atoms. The molecule has 6 heteroatoms. The summed E-state index contributed by atoms with van der Waals surface area (Å²) in [6.45, 7) is 4.28. The number of urea groups is 1. The van der Waals surface area contributed by atoms with Gasteiger partial charge in [0.1, 0.15) is 0 Å². The lowest BCUT2D eigenvalue weighted by molar-refractivity contribution is 0.195. The Morgan fingerprint density at radius 3 is 2.30 bits per heavy atom. The van der Waals surface area contributed by atoms with Gasteiger partial charge in [-0.15, -0.1) is 0 Å². The summed E-state index contributed by atoms with van der Waals surface area (Å²) < 4.78 is 23.8. The maximum absolute atomic E-state index is 12.1. The van der Waals surface area contributed by atoms with Crippen LogP contribution in [-0.2, 0) is 16.4 Å². The highest BCUT2D eigenvalue weighted by atomic mass is 32.2. The van der Waals surface area contributed by atoms with Crippen molar-refractivity contribution >= 4 is 15.9 Å². The Balaban J connectivity index is 1.94. The molecule has 0 radical (unpaired) electrons. The van der Waals surface area contributed by atoms with E-state index >= 15 is 0 Å². The van der Waals surface area contributed by atoms with Gasteiger partial charge in [-0.1, -0.05) is 30.3 Å². The van der Waals surface area contributed by atoms with Gasteiger partial charge in [0.15, 0.2) is 9.84 Å². The Labute approximate surface area is 119 Å². The number of carbonyl (C=O) groups is 1. The molecule has 1 fully saturated rings. The van der Waals surface area contributed by atoms with E-state index in [0.29, 0.717) is 6.54 Å². The van der Waals surface area contributed by atoms with Crippen molar-refractivity contribution in [3.63, 3.8) is 0 Å². The van der Waals surface area contributed by atoms with Crippen molar-refractivity contribution in [3.05, 3.63) is 35.9 Å². The van der Waals surface area contributed by atoms with Crippen molar-refractivity contribution in [2.24, 2.45) is 0 Å². The lowest BCUT2D eigenvalue weighted by Crippen LogP contribution is -2.54. The van der Waals surface area contributed by atoms with E-state index in [1.165, 1.54) is 0 Å². The van der Waals surface area contributed by atoms with Crippen LogP contribution in [0.4, 0.5) is 4.79 Å². The summed E-state index contributed by atoms with van der Waals surface area (Å²) in [5.41, 5.74) is 1.02. The molecule has 1 aliphatic rings. The molecule has 5 nitrogen and oxygen atoms in total. The number of nitrogens with zero attached hydrogens (tertiary/aromatic N) is 1. The first-order valence-corrected chi connectivity index (χ1v) is 8.31. The van der Waals surface area contributed by atoms with Crippen LogP contribution < -0.4 is 5.32 Å². The molecule has 2 rings (SSSR count). The van der Waals surface area contributed by atoms with Gasteiger partial charge in [-0.25, -0.2) is 13.2 Å². The summed E-state index contributed by atoms with van der Waals surface area (Å²) in [4.78, 5) is 13.7. The van der Waals surface area contributed by atoms with Crippen LogP contribution in [0.25, 0.3) is 0 Å². The normalized spacial score (nSPS) is 25.2. The van der Waals surface area contributed by atoms with E-state index in [9.17, 15) is 13.2 Å². The topological polar surface area (TPSA) is 66.5 Å². The van der Waals surface area contributed by atoms with Gasteiger partial charge >= 0.3 is 6.03 Å². The summed E-state index contributed by atoms with van der Waals surface area (Å²) in [7, 11) is -3.10. The molecule has 1 aliphatic heterocycles. The van der Waals surface area contributed by atoms with Crippen LogP contribution in [0.2, 0.25) is 0 Å². The first-order valence-electron chi connectivity index (χ1n) is 6.70. The van der Waals surface area contributed by atoms with Gasteiger partial charge in [0.05, 0.1) is 10.5 Å².